The third-order valence-corrected chi connectivity index (χ3v) is 4.63. The van der Waals surface area contributed by atoms with Gasteiger partial charge in [0.25, 0.3) is 0 Å². The Bertz CT molecular complexity index is 647. The molecule has 116 valence electrons. The van der Waals surface area contributed by atoms with E-state index in [4.69, 9.17) is 0 Å². The lowest BCUT2D eigenvalue weighted by Gasteiger charge is -2.18. The molecule has 2 aromatic rings. The Hall–Kier alpha value is -1.87. The number of rotatable bonds is 5. The van der Waals surface area contributed by atoms with Gasteiger partial charge in [-0.25, -0.2) is 0 Å². The lowest BCUT2D eigenvalue weighted by atomic mass is 10.0. The van der Waals surface area contributed by atoms with E-state index >= 15 is 0 Å². The second-order valence-electron chi connectivity index (χ2n) is 6.27. The summed E-state index contributed by atoms with van der Waals surface area (Å²) < 4.78 is 0. The maximum atomic E-state index is 12.0. The van der Waals surface area contributed by atoms with Gasteiger partial charge in [-0.2, -0.15) is 0 Å². The van der Waals surface area contributed by atoms with E-state index in [0.717, 1.165) is 23.8 Å². The Balaban J connectivity index is 1.53. The minimum absolute atomic E-state index is 0.0210. The van der Waals surface area contributed by atoms with Crippen molar-refractivity contribution in [2.24, 2.45) is 5.92 Å². The number of carbonyl (C=O) groups is 1. The molecule has 0 spiro atoms. The molecular formula is C19H23NO2. The zero-order valence-corrected chi connectivity index (χ0v) is 12.8. The summed E-state index contributed by atoms with van der Waals surface area (Å²) in [5.74, 6) is 0.341. The summed E-state index contributed by atoms with van der Waals surface area (Å²) >= 11 is 0. The van der Waals surface area contributed by atoms with E-state index in [2.05, 4.69) is 23.5 Å². The van der Waals surface area contributed by atoms with Crippen LogP contribution in [-0.2, 0) is 11.2 Å². The number of benzene rings is 2. The largest absolute Gasteiger partial charge is 0.391 e. The monoisotopic (exact) mass is 297 g/mol. The number of hydrogen-bond donors (Lipinski definition) is 2. The van der Waals surface area contributed by atoms with Crippen molar-refractivity contribution in [2.45, 2.75) is 38.2 Å². The molecule has 0 saturated heterocycles. The minimum Gasteiger partial charge on any atom is -0.391 e. The molecular weight excluding hydrogens is 274 g/mol. The van der Waals surface area contributed by atoms with Crippen LogP contribution in [0.3, 0.4) is 0 Å². The molecule has 0 radical (unpaired) electrons. The van der Waals surface area contributed by atoms with Gasteiger partial charge in [-0.3, -0.25) is 4.79 Å². The molecule has 0 bridgehead atoms. The molecule has 1 saturated carbocycles. The van der Waals surface area contributed by atoms with Crippen LogP contribution in [0.2, 0.25) is 0 Å². The summed E-state index contributed by atoms with van der Waals surface area (Å²) in [6.07, 6.45) is 4.54. The smallest absolute Gasteiger partial charge is 0.224 e. The van der Waals surface area contributed by atoms with Crippen LogP contribution >= 0.6 is 0 Å². The van der Waals surface area contributed by atoms with E-state index in [0.29, 0.717) is 18.9 Å². The van der Waals surface area contributed by atoms with Crippen molar-refractivity contribution in [1.82, 2.24) is 5.32 Å². The molecule has 1 amide bonds. The number of aliphatic hydroxyl groups excluding tert-OH is 1. The Morgan fingerprint density at radius 1 is 1.14 bits per heavy atom. The second kappa shape index (κ2) is 6.93. The standard InChI is InChI=1S/C19H23NO2/c21-18(16-6-2-3-7-16)13-20-19(22)12-14-9-10-15-5-1-4-8-17(15)11-14/h1,4-5,8-11,16,18,21H,2-3,6-7,12-13H2,(H,20,22). The highest BCUT2D eigenvalue weighted by Crippen LogP contribution is 2.27. The summed E-state index contributed by atoms with van der Waals surface area (Å²) in [5, 5.41) is 15.3. The summed E-state index contributed by atoms with van der Waals surface area (Å²) in [6, 6.07) is 14.2. The van der Waals surface area contributed by atoms with E-state index in [1.165, 1.54) is 18.2 Å². The number of aliphatic hydroxyl groups is 1. The summed E-state index contributed by atoms with van der Waals surface area (Å²) in [4.78, 5) is 12.0. The zero-order chi connectivity index (χ0) is 15.4. The number of nitrogens with one attached hydrogen (secondary N) is 1. The van der Waals surface area contributed by atoms with Crippen molar-refractivity contribution in [3.63, 3.8) is 0 Å². The number of carbonyl (C=O) groups excluding carboxylic acids is 1. The van der Waals surface area contributed by atoms with Crippen LogP contribution in [0.25, 0.3) is 10.8 Å². The van der Waals surface area contributed by atoms with Gasteiger partial charge in [0, 0.05) is 6.54 Å². The van der Waals surface area contributed by atoms with Gasteiger partial charge in [-0.1, -0.05) is 55.3 Å². The van der Waals surface area contributed by atoms with E-state index in [-0.39, 0.29) is 5.91 Å². The van der Waals surface area contributed by atoms with Gasteiger partial charge in [0.2, 0.25) is 5.91 Å². The van der Waals surface area contributed by atoms with Crippen LogP contribution in [0.4, 0.5) is 0 Å². The van der Waals surface area contributed by atoms with Gasteiger partial charge < -0.3 is 10.4 Å². The first-order chi connectivity index (χ1) is 10.7. The van der Waals surface area contributed by atoms with Crippen LogP contribution in [-0.4, -0.2) is 23.7 Å². The third kappa shape index (κ3) is 3.66. The average molecular weight is 297 g/mol. The maximum Gasteiger partial charge on any atom is 0.224 e. The number of hydrogen-bond acceptors (Lipinski definition) is 2. The van der Waals surface area contributed by atoms with Gasteiger partial charge in [0.1, 0.15) is 0 Å². The van der Waals surface area contributed by atoms with Gasteiger partial charge in [0.05, 0.1) is 12.5 Å². The minimum atomic E-state index is -0.400. The van der Waals surface area contributed by atoms with Crippen molar-refractivity contribution in [1.29, 1.82) is 0 Å². The Morgan fingerprint density at radius 2 is 1.86 bits per heavy atom. The first kappa shape index (κ1) is 15.0. The van der Waals surface area contributed by atoms with Gasteiger partial charge in [-0.05, 0) is 35.1 Å². The van der Waals surface area contributed by atoms with Crippen LogP contribution < -0.4 is 5.32 Å². The van der Waals surface area contributed by atoms with Crippen molar-refractivity contribution in [2.75, 3.05) is 6.54 Å². The van der Waals surface area contributed by atoms with Crippen LogP contribution in [0.1, 0.15) is 31.2 Å². The fraction of sp³-hybridized carbons (Fsp3) is 0.421. The third-order valence-electron chi connectivity index (χ3n) is 4.63. The molecule has 0 aromatic heterocycles. The number of fused-ring (bicyclic) bond motifs is 1. The summed E-state index contributed by atoms with van der Waals surface area (Å²) in [6.45, 7) is 0.372. The average Bonchev–Trinajstić information content (AvgIpc) is 3.07. The number of amides is 1. The van der Waals surface area contributed by atoms with E-state index in [9.17, 15) is 9.90 Å². The topological polar surface area (TPSA) is 49.3 Å². The molecule has 2 aromatic carbocycles. The predicted octanol–water partition coefficient (Wildman–Crippen LogP) is 3.05. The quantitative estimate of drug-likeness (QED) is 0.891. The first-order valence-electron chi connectivity index (χ1n) is 8.15. The second-order valence-corrected chi connectivity index (χ2v) is 6.27. The fourth-order valence-electron chi connectivity index (χ4n) is 3.32. The van der Waals surface area contributed by atoms with E-state index in [1.54, 1.807) is 0 Å². The van der Waals surface area contributed by atoms with Crippen LogP contribution in [0, 0.1) is 5.92 Å². The maximum absolute atomic E-state index is 12.0. The Kier molecular flexibility index (Phi) is 4.74. The van der Waals surface area contributed by atoms with Crippen LogP contribution in [0.15, 0.2) is 42.5 Å². The van der Waals surface area contributed by atoms with Gasteiger partial charge in [0.15, 0.2) is 0 Å². The van der Waals surface area contributed by atoms with Crippen LogP contribution in [0.5, 0.6) is 0 Å². The molecule has 1 fully saturated rings. The Labute approximate surface area is 131 Å². The van der Waals surface area contributed by atoms with Crippen molar-refractivity contribution in [3.05, 3.63) is 48.0 Å². The molecule has 2 N–H and O–H groups in total. The molecule has 1 aliphatic rings. The van der Waals surface area contributed by atoms with Crippen molar-refractivity contribution < 1.29 is 9.90 Å². The molecule has 1 atom stereocenters. The molecule has 1 unspecified atom stereocenters. The van der Waals surface area contributed by atoms with E-state index < -0.39 is 6.10 Å². The normalized spacial score (nSPS) is 16.8. The van der Waals surface area contributed by atoms with Crippen molar-refractivity contribution >= 4 is 16.7 Å². The molecule has 1 aliphatic carbocycles. The summed E-state index contributed by atoms with van der Waals surface area (Å²) in [5.41, 5.74) is 1.01. The lowest BCUT2D eigenvalue weighted by Crippen LogP contribution is -2.36. The molecule has 22 heavy (non-hydrogen) atoms. The van der Waals surface area contributed by atoms with E-state index in [1.807, 2.05) is 24.3 Å². The molecule has 3 rings (SSSR count). The predicted molar refractivity (Wildman–Crippen MR) is 88.6 cm³/mol. The zero-order valence-electron chi connectivity index (χ0n) is 12.8. The highest BCUT2D eigenvalue weighted by atomic mass is 16.3. The molecule has 0 aliphatic heterocycles. The highest BCUT2D eigenvalue weighted by Gasteiger charge is 2.23. The SMILES string of the molecule is O=C(Cc1ccc2ccccc2c1)NCC(O)C1CCCC1. The Morgan fingerprint density at radius 3 is 2.64 bits per heavy atom. The lowest BCUT2D eigenvalue weighted by molar-refractivity contribution is -0.121. The molecule has 0 heterocycles. The first-order valence-corrected chi connectivity index (χ1v) is 8.15. The molecule has 3 nitrogen and oxygen atoms in total. The van der Waals surface area contributed by atoms with Crippen molar-refractivity contribution in [3.8, 4) is 0 Å². The van der Waals surface area contributed by atoms with Gasteiger partial charge in [-0.15, -0.1) is 0 Å². The molecule has 3 heteroatoms. The highest BCUT2D eigenvalue weighted by molar-refractivity contribution is 5.85. The van der Waals surface area contributed by atoms with Gasteiger partial charge >= 0.3 is 0 Å². The summed E-state index contributed by atoms with van der Waals surface area (Å²) in [7, 11) is 0. The fourth-order valence-corrected chi connectivity index (χ4v) is 3.32.